The molecule has 1 aromatic carbocycles. The zero-order valence-corrected chi connectivity index (χ0v) is 12.0. The molecule has 0 amide bonds. The zero-order chi connectivity index (χ0) is 15.3. The van der Waals surface area contributed by atoms with Crippen molar-refractivity contribution in [1.29, 1.82) is 0 Å². The Morgan fingerprint density at radius 1 is 1.15 bits per heavy atom. The number of aromatic carboxylic acids is 1. The highest BCUT2D eigenvalue weighted by Gasteiger charge is 2.55. The van der Waals surface area contributed by atoms with E-state index in [1.54, 1.807) is 27.7 Å². The molecule has 0 spiro atoms. The van der Waals surface area contributed by atoms with Crippen molar-refractivity contribution in [3.8, 4) is 0 Å². The molecule has 20 heavy (non-hydrogen) atoms. The topological polar surface area (TPSA) is 86.7 Å². The fraction of sp³-hybridized carbons (Fsp3) is 0.500. The smallest absolute Gasteiger partial charge is 0.335 e. The van der Waals surface area contributed by atoms with E-state index in [1.165, 1.54) is 24.3 Å². The number of carboxylic acids is 1. The molecular weight excluding hydrogens is 260 g/mol. The van der Waals surface area contributed by atoms with E-state index in [4.69, 9.17) is 5.11 Å². The van der Waals surface area contributed by atoms with E-state index in [0.29, 0.717) is 5.56 Å². The Bertz CT molecular complexity index is 504. The summed E-state index contributed by atoms with van der Waals surface area (Å²) in [5, 5.41) is 35.3. The van der Waals surface area contributed by atoms with Gasteiger partial charge in [0, 0.05) is 5.54 Å². The van der Waals surface area contributed by atoms with Gasteiger partial charge in [-0.2, -0.15) is 0 Å². The lowest BCUT2D eigenvalue weighted by Crippen LogP contribution is -2.51. The number of hydroxylamine groups is 4. The van der Waals surface area contributed by atoms with Crippen LogP contribution in [0.1, 0.15) is 49.8 Å². The number of rotatable bonds is 2. The average molecular weight is 278 g/mol. The molecule has 6 heteroatoms. The van der Waals surface area contributed by atoms with Gasteiger partial charge in [-0.15, -0.1) is 10.3 Å². The van der Waals surface area contributed by atoms with Crippen LogP contribution < -0.4 is 0 Å². The molecule has 0 saturated carbocycles. The van der Waals surface area contributed by atoms with Crippen molar-refractivity contribution in [2.24, 2.45) is 0 Å². The van der Waals surface area contributed by atoms with Crippen molar-refractivity contribution in [2.45, 2.75) is 44.9 Å². The van der Waals surface area contributed by atoms with Gasteiger partial charge in [0.2, 0.25) is 0 Å². The minimum atomic E-state index is -1.04. The molecule has 0 aromatic heterocycles. The van der Waals surface area contributed by atoms with Crippen LogP contribution in [0.2, 0.25) is 0 Å². The standard InChI is InChI=1S/C14H18N2O4/c1-13(2)14(3,4)16(20)11(15(13)19)9-5-7-10(8-6-9)12(17)18/h5-8,11H,1-4H3,(H,17,18)/q-1. The largest absolute Gasteiger partial charge is 0.783 e. The molecule has 0 bridgehead atoms. The lowest BCUT2D eigenvalue weighted by Gasteiger charge is -2.44. The molecule has 2 rings (SSSR count). The maximum atomic E-state index is 12.4. The fourth-order valence-electron chi connectivity index (χ4n) is 2.31. The molecule has 1 N–H and O–H groups in total. The summed E-state index contributed by atoms with van der Waals surface area (Å²) in [6, 6.07) is 5.83. The SMILES string of the molecule is CC1(C)N([O])C(c2ccc(C(=O)O)cc2)N([O-])C1(C)C. The molecule has 1 aliphatic rings. The molecule has 0 atom stereocenters. The van der Waals surface area contributed by atoms with Crippen molar-refractivity contribution >= 4 is 5.97 Å². The van der Waals surface area contributed by atoms with Gasteiger partial charge in [0.1, 0.15) is 6.17 Å². The van der Waals surface area contributed by atoms with Crippen LogP contribution >= 0.6 is 0 Å². The van der Waals surface area contributed by atoms with Crippen molar-refractivity contribution in [2.75, 3.05) is 0 Å². The maximum Gasteiger partial charge on any atom is 0.335 e. The predicted octanol–water partition coefficient (Wildman–Crippen LogP) is 2.40. The maximum absolute atomic E-state index is 12.4. The Morgan fingerprint density at radius 2 is 1.65 bits per heavy atom. The quantitative estimate of drug-likeness (QED) is 0.897. The molecule has 109 valence electrons. The van der Waals surface area contributed by atoms with Gasteiger partial charge in [-0.1, -0.05) is 12.1 Å². The van der Waals surface area contributed by atoms with Crippen LogP contribution in [0.3, 0.4) is 0 Å². The molecule has 0 unspecified atom stereocenters. The van der Waals surface area contributed by atoms with E-state index >= 15 is 0 Å². The Hall–Kier alpha value is -1.47. The second kappa shape index (κ2) is 4.53. The molecule has 1 heterocycles. The van der Waals surface area contributed by atoms with Crippen LogP contribution in [-0.4, -0.2) is 32.3 Å². The van der Waals surface area contributed by atoms with E-state index in [1.807, 2.05) is 0 Å². The van der Waals surface area contributed by atoms with Crippen LogP contribution in [0.15, 0.2) is 24.3 Å². The van der Waals surface area contributed by atoms with Gasteiger partial charge in [-0.3, -0.25) is 0 Å². The number of nitrogens with zero attached hydrogens (tertiary/aromatic N) is 2. The molecule has 1 radical (unpaired) electrons. The van der Waals surface area contributed by atoms with E-state index < -0.39 is 23.2 Å². The Morgan fingerprint density at radius 3 is 2.00 bits per heavy atom. The summed E-state index contributed by atoms with van der Waals surface area (Å²) in [7, 11) is 0. The highest BCUT2D eigenvalue weighted by molar-refractivity contribution is 5.87. The summed E-state index contributed by atoms with van der Waals surface area (Å²) in [6.45, 7) is 6.93. The van der Waals surface area contributed by atoms with E-state index in [9.17, 15) is 15.2 Å². The summed E-state index contributed by atoms with van der Waals surface area (Å²) in [5.41, 5.74) is -1.06. The van der Waals surface area contributed by atoms with E-state index in [-0.39, 0.29) is 5.56 Å². The van der Waals surface area contributed by atoms with Gasteiger partial charge in [-0.25, -0.2) is 4.79 Å². The molecule has 6 nitrogen and oxygen atoms in total. The van der Waals surface area contributed by atoms with Crippen molar-refractivity contribution in [3.05, 3.63) is 40.6 Å². The molecule has 1 saturated heterocycles. The number of carbonyl (C=O) groups is 1. The minimum absolute atomic E-state index is 0.125. The van der Waals surface area contributed by atoms with Crippen LogP contribution in [0.5, 0.6) is 0 Å². The summed E-state index contributed by atoms with van der Waals surface area (Å²) in [4.78, 5) is 10.8. The monoisotopic (exact) mass is 278 g/mol. The van der Waals surface area contributed by atoms with Crippen molar-refractivity contribution in [3.63, 3.8) is 0 Å². The molecule has 1 fully saturated rings. The minimum Gasteiger partial charge on any atom is -0.783 e. The summed E-state index contributed by atoms with van der Waals surface area (Å²) in [6.07, 6.45) is -0.956. The summed E-state index contributed by atoms with van der Waals surface area (Å²) in [5.74, 6) is -1.04. The first-order valence-electron chi connectivity index (χ1n) is 6.37. The van der Waals surface area contributed by atoms with Gasteiger partial charge < -0.3 is 15.4 Å². The van der Waals surface area contributed by atoms with Gasteiger partial charge >= 0.3 is 5.97 Å². The molecule has 0 aliphatic carbocycles. The Labute approximate surface area is 117 Å². The Kier molecular flexibility index (Phi) is 3.38. The van der Waals surface area contributed by atoms with Gasteiger partial charge in [-0.05, 0) is 45.4 Å². The third-order valence-corrected chi connectivity index (χ3v) is 4.50. The second-order valence-electron chi connectivity index (χ2n) is 6.07. The highest BCUT2D eigenvalue weighted by atomic mass is 16.6. The first-order chi connectivity index (χ1) is 9.10. The van der Waals surface area contributed by atoms with Gasteiger partial charge in [0.15, 0.2) is 0 Å². The number of hydrogen-bond acceptors (Lipinski definition) is 4. The van der Waals surface area contributed by atoms with Crippen molar-refractivity contribution in [1.82, 2.24) is 10.1 Å². The fourth-order valence-corrected chi connectivity index (χ4v) is 2.31. The zero-order valence-electron chi connectivity index (χ0n) is 12.0. The molecular formula is C14H18N2O4-. The van der Waals surface area contributed by atoms with Gasteiger partial charge in [0.25, 0.3) is 0 Å². The molecule has 1 aromatic rings. The lowest BCUT2D eigenvalue weighted by molar-refractivity contribution is -0.232. The number of hydrogen-bond donors (Lipinski definition) is 1. The molecule has 1 aliphatic heterocycles. The number of benzene rings is 1. The first-order valence-corrected chi connectivity index (χ1v) is 6.37. The average Bonchev–Trinajstić information content (AvgIpc) is 2.49. The summed E-state index contributed by atoms with van der Waals surface area (Å²) >= 11 is 0. The lowest BCUT2D eigenvalue weighted by atomic mass is 9.84. The Balaban J connectivity index is 2.40. The van der Waals surface area contributed by atoms with Crippen LogP contribution in [0, 0.1) is 5.21 Å². The normalized spacial score (nSPS) is 25.8. The highest BCUT2D eigenvalue weighted by Crippen LogP contribution is 2.48. The van der Waals surface area contributed by atoms with Crippen LogP contribution in [0.25, 0.3) is 0 Å². The van der Waals surface area contributed by atoms with E-state index in [2.05, 4.69) is 0 Å². The van der Waals surface area contributed by atoms with Crippen molar-refractivity contribution < 1.29 is 15.1 Å². The van der Waals surface area contributed by atoms with Crippen LogP contribution in [-0.2, 0) is 5.21 Å². The first kappa shape index (κ1) is 14.9. The van der Waals surface area contributed by atoms with Gasteiger partial charge in [0.05, 0.1) is 11.1 Å². The number of carboxylic acid groups (broad SMARTS) is 1. The third-order valence-electron chi connectivity index (χ3n) is 4.50. The summed E-state index contributed by atoms with van der Waals surface area (Å²) < 4.78 is 0. The van der Waals surface area contributed by atoms with E-state index in [0.717, 1.165) is 10.1 Å². The third kappa shape index (κ3) is 1.92. The second-order valence-corrected chi connectivity index (χ2v) is 6.07. The van der Waals surface area contributed by atoms with Crippen LogP contribution in [0.4, 0.5) is 0 Å². The predicted molar refractivity (Wildman–Crippen MR) is 72.0 cm³/mol.